The lowest BCUT2D eigenvalue weighted by Gasteiger charge is -2.14. The number of non-ortho nitro benzene ring substituents is 1. The molecule has 0 aliphatic rings. The molecule has 0 bridgehead atoms. The lowest BCUT2D eigenvalue weighted by atomic mass is 10.1. The summed E-state index contributed by atoms with van der Waals surface area (Å²) in [5.74, 6) is 0.396. The number of nitrogens with one attached hydrogen (secondary N) is 1. The van der Waals surface area contributed by atoms with Gasteiger partial charge in [0.1, 0.15) is 18.2 Å². The van der Waals surface area contributed by atoms with E-state index in [9.17, 15) is 20.2 Å². The fourth-order valence-corrected chi connectivity index (χ4v) is 3.65. The van der Waals surface area contributed by atoms with Gasteiger partial charge in [0.15, 0.2) is 11.5 Å². The Labute approximate surface area is 203 Å². The largest absolute Gasteiger partial charge is 0.493 e. The Morgan fingerprint density at radius 1 is 1.18 bits per heavy atom. The van der Waals surface area contributed by atoms with Crippen molar-refractivity contribution in [1.82, 2.24) is 0 Å². The van der Waals surface area contributed by atoms with Gasteiger partial charge < -0.3 is 14.8 Å². The van der Waals surface area contributed by atoms with Gasteiger partial charge in [-0.3, -0.25) is 14.9 Å². The SMILES string of the molecule is COc1cc(/C=C(/C#N)C(=O)Nc2ccccc2)cc(I)c1OCc1ccc([N+](=O)[O-])cc1. The van der Waals surface area contributed by atoms with E-state index in [1.165, 1.54) is 25.3 Å². The van der Waals surface area contributed by atoms with Crippen LogP contribution in [0.4, 0.5) is 11.4 Å². The van der Waals surface area contributed by atoms with E-state index in [2.05, 4.69) is 27.9 Å². The Bertz CT molecular complexity index is 1240. The molecule has 0 atom stereocenters. The number of amides is 1. The summed E-state index contributed by atoms with van der Waals surface area (Å²) in [4.78, 5) is 22.8. The van der Waals surface area contributed by atoms with Gasteiger partial charge in [-0.25, -0.2) is 0 Å². The number of ether oxygens (including phenoxy) is 2. The van der Waals surface area contributed by atoms with E-state index >= 15 is 0 Å². The summed E-state index contributed by atoms with van der Waals surface area (Å²) in [6, 6.07) is 20.3. The van der Waals surface area contributed by atoms with E-state index in [0.29, 0.717) is 26.3 Å². The maximum absolute atomic E-state index is 12.5. The number of methoxy groups -OCH3 is 1. The number of rotatable bonds is 8. The van der Waals surface area contributed by atoms with Crippen LogP contribution < -0.4 is 14.8 Å². The quantitative estimate of drug-likeness (QED) is 0.132. The Kier molecular flexibility index (Phi) is 7.99. The number of hydrogen-bond acceptors (Lipinski definition) is 6. The summed E-state index contributed by atoms with van der Waals surface area (Å²) in [7, 11) is 1.49. The van der Waals surface area contributed by atoms with Crippen molar-refractivity contribution in [1.29, 1.82) is 5.26 Å². The first-order chi connectivity index (χ1) is 15.9. The van der Waals surface area contributed by atoms with Crippen molar-refractivity contribution >= 4 is 45.9 Å². The average molecular weight is 555 g/mol. The van der Waals surface area contributed by atoms with Gasteiger partial charge in [-0.15, -0.1) is 0 Å². The number of nitriles is 1. The summed E-state index contributed by atoms with van der Waals surface area (Å²) >= 11 is 2.08. The highest BCUT2D eigenvalue weighted by atomic mass is 127. The number of nitrogens with zero attached hydrogens (tertiary/aromatic N) is 2. The van der Waals surface area contributed by atoms with Crippen LogP contribution in [0.5, 0.6) is 11.5 Å². The molecular weight excluding hydrogens is 537 g/mol. The fourth-order valence-electron chi connectivity index (χ4n) is 2.87. The van der Waals surface area contributed by atoms with Crippen molar-refractivity contribution in [3.05, 3.63) is 97.1 Å². The molecule has 0 fully saturated rings. The Morgan fingerprint density at radius 2 is 1.88 bits per heavy atom. The predicted octanol–water partition coefficient (Wildman–Crippen LogP) is 5.33. The Balaban J connectivity index is 1.79. The molecule has 3 rings (SSSR count). The van der Waals surface area contributed by atoms with Crippen molar-refractivity contribution < 1.29 is 19.2 Å². The van der Waals surface area contributed by atoms with Gasteiger partial charge in [-0.1, -0.05) is 18.2 Å². The molecule has 0 aliphatic carbocycles. The molecule has 3 aromatic rings. The highest BCUT2D eigenvalue weighted by molar-refractivity contribution is 14.1. The number of nitro benzene ring substituents is 1. The number of para-hydroxylation sites is 1. The van der Waals surface area contributed by atoms with Gasteiger partial charge in [-0.05, 0) is 76.2 Å². The molecule has 0 aromatic heterocycles. The number of carbonyl (C=O) groups is 1. The second-order valence-corrected chi connectivity index (χ2v) is 7.90. The summed E-state index contributed by atoms with van der Waals surface area (Å²) in [5.41, 5.74) is 1.89. The molecule has 9 heteroatoms. The summed E-state index contributed by atoms with van der Waals surface area (Å²) < 4.78 is 12.0. The second kappa shape index (κ2) is 11.1. The first kappa shape index (κ1) is 23.7. The molecule has 0 spiro atoms. The third-order valence-corrected chi connectivity index (χ3v) is 5.29. The molecule has 33 heavy (non-hydrogen) atoms. The van der Waals surface area contributed by atoms with Crippen LogP contribution in [-0.2, 0) is 11.4 Å². The summed E-state index contributed by atoms with van der Waals surface area (Å²) in [5, 5.41) is 22.9. The summed E-state index contributed by atoms with van der Waals surface area (Å²) in [6.45, 7) is 0.183. The zero-order valence-electron chi connectivity index (χ0n) is 17.4. The lowest BCUT2D eigenvalue weighted by Crippen LogP contribution is -2.13. The molecule has 1 N–H and O–H groups in total. The Morgan fingerprint density at radius 3 is 2.48 bits per heavy atom. The molecule has 0 aliphatic heterocycles. The third kappa shape index (κ3) is 6.30. The van der Waals surface area contributed by atoms with Crippen LogP contribution in [0.1, 0.15) is 11.1 Å². The van der Waals surface area contributed by atoms with Crippen LogP contribution in [0.25, 0.3) is 6.08 Å². The van der Waals surface area contributed by atoms with Crippen LogP contribution >= 0.6 is 22.6 Å². The fraction of sp³-hybridized carbons (Fsp3) is 0.0833. The molecular formula is C24H18IN3O5. The van der Waals surface area contributed by atoms with Gasteiger partial charge in [0.05, 0.1) is 15.6 Å². The van der Waals surface area contributed by atoms with Crippen LogP contribution in [0, 0.1) is 25.0 Å². The minimum absolute atomic E-state index is 0.00616. The number of nitro groups is 1. The van der Waals surface area contributed by atoms with Crippen molar-refractivity contribution in [2.24, 2.45) is 0 Å². The molecule has 3 aromatic carbocycles. The van der Waals surface area contributed by atoms with Crippen LogP contribution in [0.3, 0.4) is 0 Å². The van der Waals surface area contributed by atoms with Gasteiger partial charge >= 0.3 is 0 Å². The minimum atomic E-state index is -0.517. The van der Waals surface area contributed by atoms with Gasteiger partial charge in [-0.2, -0.15) is 5.26 Å². The average Bonchev–Trinajstić information content (AvgIpc) is 2.82. The zero-order chi connectivity index (χ0) is 23.8. The first-order valence-corrected chi connectivity index (χ1v) is 10.7. The van der Waals surface area contributed by atoms with E-state index in [1.807, 2.05) is 12.1 Å². The lowest BCUT2D eigenvalue weighted by molar-refractivity contribution is -0.384. The van der Waals surface area contributed by atoms with Crippen molar-refractivity contribution in [2.75, 3.05) is 12.4 Å². The molecule has 0 unspecified atom stereocenters. The predicted molar refractivity (Wildman–Crippen MR) is 132 cm³/mol. The number of hydrogen-bond donors (Lipinski definition) is 1. The smallest absolute Gasteiger partial charge is 0.269 e. The topological polar surface area (TPSA) is 114 Å². The Hall–Kier alpha value is -3.91. The van der Waals surface area contributed by atoms with Gasteiger partial charge in [0.25, 0.3) is 11.6 Å². The third-order valence-electron chi connectivity index (χ3n) is 4.49. The minimum Gasteiger partial charge on any atom is -0.493 e. The second-order valence-electron chi connectivity index (χ2n) is 6.74. The molecule has 0 saturated carbocycles. The van der Waals surface area contributed by atoms with Crippen molar-refractivity contribution in [3.8, 4) is 17.6 Å². The van der Waals surface area contributed by atoms with Crippen LogP contribution in [-0.4, -0.2) is 17.9 Å². The van der Waals surface area contributed by atoms with E-state index in [4.69, 9.17) is 9.47 Å². The monoisotopic (exact) mass is 555 g/mol. The highest BCUT2D eigenvalue weighted by Crippen LogP contribution is 2.35. The first-order valence-electron chi connectivity index (χ1n) is 9.63. The zero-order valence-corrected chi connectivity index (χ0v) is 19.6. The number of halogens is 1. The van der Waals surface area contributed by atoms with Crippen molar-refractivity contribution in [2.45, 2.75) is 6.61 Å². The van der Waals surface area contributed by atoms with E-state index in [0.717, 1.165) is 5.56 Å². The normalized spacial score (nSPS) is 10.8. The number of carbonyl (C=O) groups excluding carboxylic acids is 1. The van der Waals surface area contributed by atoms with E-state index < -0.39 is 10.8 Å². The maximum Gasteiger partial charge on any atom is 0.269 e. The molecule has 0 heterocycles. The van der Waals surface area contributed by atoms with Gasteiger partial charge in [0.2, 0.25) is 0 Å². The molecule has 8 nitrogen and oxygen atoms in total. The van der Waals surface area contributed by atoms with Crippen molar-refractivity contribution in [3.63, 3.8) is 0 Å². The van der Waals surface area contributed by atoms with E-state index in [-0.39, 0.29) is 17.9 Å². The molecule has 166 valence electrons. The van der Waals surface area contributed by atoms with Gasteiger partial charge in [0, 0.05) is 17.8 Å². The molecule has 1 amide bonds. The highest BCUT2D eigenvalue weighted by Gasteiger charge is 2.14. The standard InChI is InChI=1S/C24H18IN3O5/c1-32-22-13-17(11-18(14-26)24(29)27-19-5-3-2-4-6-19)12-21(25)23(22)33-15-16-7-9-20(10-8-16)28(30)31/h2-13H,15H2,1H3,(H,27,29)/b18-11-. The molecule has 0 saturated heterocycles. The van der Waals surface area contributed by atoms with Crippen LogP contribution in [0.15, 0.2) is 72.3 Å². The van der Waals surface area contributed by atoms with Crippen LogP contribution in [0.2, 0.25) is 0 Å². The number of anilines is 1. The summed E-state index contributed by atoms with van der Waals surface area (Å²) in [6.07, 6.45) is 1.48. The number of benzene rings is 3. The maximum atomic E-state index is 12.5. The van der Waals surface area contributed by atoms with E-state index in [1.54, 1.807) is 48.5 Å². The molecule has 0 radical (unpaired) electrons.